The van der Waals surface area contributed by atoms with Crippen molar-refractivity contribution >= 4 is 11.0 Å². The Bertz CT molecular complexity index is 1040. The van der Waals surface area contributed by atoms with Crippen molar-refractivity contribution in [2.45, 2.75) is 104 Å². The van der Waals surface area contributed by atoms with Crippen LogP contribution in [0.3, 0.4) is 0 Å². The van der Waals surface area contributed by atoms with Gasteiger partial charge in [0.1, 0.15) is 5.82 Å². The second-order valence-electron chi connectivity index (χ2n) is 13.5. The molecule has 0 radical (unpaired) electrons. The number of H-pyrrole nitrogens is 1. The molecule has 0 bridgehead atoms. The lowest BCUT2D eigenvalue weighted by molar-refractivity contribution is -0.129. The highest BCUT2D eigenvalue weighted by Crippen LogP contribution is 2.68. The average Bonchev–Trinajstić information content (AvgIpc) is 3.37. The zero-order valence-corrected chi connectivity index (χ0v) is 21.9. The molecule has 186 valence electrons. The summed E-state index contributed by atoms with van der Waals surface area (Å²) in [5.41, 5.74) is 4.62. The fourth-order valence-electron chi connectivity index (χ4n) is 10.1. The molecule has 0 amide bonds. The average molecular weight is 463 g/mol. The van der Waals surface area contributed by atoms with Gasteiger partial charge in [0, 0.05) is 6.42 Å². The molecular weight excluding hydrogens is 416 g/mol. The van der Waals surface area contributed by atoms with E-state index >= 15 is 0 Å². The smallest absolute Gasteiger partial charge is 0.107 e. The van der Waals surface area contributed by atoms with E-state index in [9.17, 15) is 5.11 Å². The first kappa shape index (κ1) is 23.1. The van der Waals surface area contributed by atoms with Crippen LogP contribution in [0.5, 0.6) is 0 Å². The molecule has 0 spiro atoms. The van der Waals surface area contributed by atoms with Crippen LogP contribution in [0.2, 0.25) is 0 Å². The topological polar surface area (TPSA) is 48.9 Å². The van der Waals surface area contributed by atoms with E-state index in [0.29, 0.717) is 10.8 Å². The first-order chi connectivity index (χ1) is 16.3. The predicted octanol–water partition coefficient (Wildman–Crippen LogP) is 7.46. The SMILES string of the molecule is Cc1ccc2nc(CC[C@@H](C)[C@@H]3CC[C@@H]4[C@H]5CC[C@H]6C[C@@H](O)CC[C@]6(C)[C@@H]5CC[C@]43C)[nH]c2c1. The zero-order chi connectivity index (χ0) is 23.7. The van der Waals surface area contributed by atoms with Gasteiger partial charge in [-0.3, -0.25) is 0 Å². The summed E-state index contributed by atoms with van der Waals surface area (Å²) in [4.78, 5) is 8.47. The number of aromatic amines is 1. The molecule has 3 nitrogen and oxygen atoms in total. The predicted molar refractivity (Wildman–Crippen MR) is 140 cm³/mol. The number of aliphatic hydroxyl groups is 1. The van der Waals surface area contributed by atoms with Crippen LogP contribution in [0.1, 0.15) is 96.4 Å². The van der Waals surface area contributed by atoms with Gasteiger partial charge in [-0.25, -0.2) is 4.98 Å². The molecule has 4 fully saturated rings. The van der Waals surface area contributed by atoms with Gasteiger partial charge in [0.2, 0.25) is 0 Å². The summed E-state index contributed by atoms with van der Waals surface area (Å²) in [6, 6.07) is 6.53. The maximum atomic E-state index is 10.3. The Labute approximate surface area is 206 Å². The maximum absolute atomic E-state index is 10.3. The quantitative estimate of drug-likeness (QED) is 0.495. The van der Waals surface area contributed by atoms with Crippen LogP contribution in [0.25, 0.3) is 11.0 Å². The number of hydrogen-bond acceptors (Lipinski definition) is 2. The number of hydrogen-bond donors (Lipinski definition) is 2. The molecule has 4 saturated carbocycles. The van der Waals surface area contributed by atoms with Gasteiger partial charge in [0.15, 0.2) is 0 Å². The van der Waals surface area contributed by atoms with E-state index in [0.717, 1.165) is 60.3 Å². The molecule has 4 aliphatic carbocycles. The summed E-state index contributed by atoms with van der Waals surface area (Å²) in [6.07, 6.45) is 14.2. The molecule has 1 aromatic carbocycles. The lowest BCUT2D eigenvalue weighted by Gasteiger charge is -2.61. The molecule has 6 rings (SSSR count). The fourth-order valence-corrected chi connectivity index (χ4v) is 10.1. The number of benzene rings is 1. The molecule has 2 aromatic rings. The molecule has 2 N–H and O–H groups in total. The third-order valence-electron chi connectivity index (χ3n) is 11.9. The van der Waals surface area contributed by atoms with Crippen molar-refractivity contribution in [1.82, 2.24) is 9.97 Å². The molecule has 34 heavy (non-hydrogen) atoms. The number of nitrogens with one attached hydrogen (secondary N) is 1. The van der Waals surface area contributed by atoms with Crippen molar-refractivity contribution < 1.29 is 5.11 Å². The van der Waals surface area contributed by atoms with Gasteiger partial charge < -0.3 is 10.1 Å². The lowest BCUT2D eigenvalue weighted by Crippen LogP contribution is -2.54. The molecule has 0 unspecified atom stereocenters. The number of aryl methyl sites for hydroxylation is 2. The van der Waals surface area contributed by atoms with Crippen LogP contribution in [-0.4, -0.2) is 21.2 Å². The number of fused-ring (bicyclic) bond motifs is 6. The van der Waals surface area contributed by atoms with Gasteiger partial charge in [-0.2, -0.15) is 0 Å². The van der Waals surface area contributed by atoms with Crippen LogP contribution < -0.4 is 0 Å². The third kappa shape index (κ3) is 3.59. The normalized spacial score (nSPS) is 42.7. The number of aromatic nitrogens is 2. The van der Waals surface area contributed by atoms with Gasteiger partial charge in [-0.15, -0.1) is 0 Å². The van der Waals surface area contributed by atoms with Crippen LogP contribution in [-0.2, 0) is 6.42 Å². The van der Waals surface area contributed by atoms with E-state index < -0.39 is 0 Å². The Hall–Kier alpha value is -1.35. The van der Waals surface area contributed by atoms with Crippen molar-refractivity contribution in [2.24, 2.45) is 46.3 Å². The molecule has 3 heteroatoms. The minimum Gasteiger partial charge on any atom is -0.393 e. The molecule has 4 aliphatic rings. The summed E-state index contributed by atoms with van der Waals surface area (Å²) < 4.78 is 0. The standard InChI is InChI=1S/C31H46N2O/c1-19-5-11-27-28(17-19)33-29(32-27)12-6-20(2)24-9-10-25-23-8-7-21-18-22(34)13-15-30(21,3)26(23)14-16-31(24,25)4/h5,11,17,20-26,34H,6-10,12-16,18H2,1-4H3,(H,32,33)/t20-,21+,22+,23-,24+,25-,26-,30+,31+/m1/s1. The van der Waals surface area contributed by atoms with Crippen LogP contribution >= 0.6 is 0 Å². The molecule has 1 aromatic heterocycles. The largest absolute Gasteiger partial charge is 0.393 e. The number of rotatable bonds is 4. The summed E-state index contributed by atoms with van der Waals surface area (Å²) in [5.74, 6) is 6.34. The van der Waals surface area contributed by atoms with Gasteiger partial charge >= 0.3 is 0 Å². The van der Waals surface area contributed by atoms with Crippen LogP contribution in [0.4, 0.5) is 0 Å². The summed E-state index contributed by atoms with van der Waals surface area (Å²) in [6.45, 7) is 9.99. The Morgan fingerprint density at radius 1 is 1.03 bits per heavy atom. The van der Waals surface area contributed by atoms with E-state index in [1.165, 1.54) is 68.3 Å². The van der Waals surface area contributed by atoms with E-state index in [1.54, 1.807) is 0 Å². The summed E-state index contributed by atoms with van der Waals surface area (Å²) in [7, 11) is 0. The molecule has 0 aliphatic heterocycles. The molecule has 9 atom stereocenters. The molecule has 1 heterocycles. The summed E-state index contributed by atoms with van der Waals surface area (Å²) in [5, 5.41) is 10.3. The minimum atomic E-state index is -0.0315. The third-order valence-corrected chi connectivity index (χ3v) is 11.9. The van der Waals surface area contributed by atoms with E-state index in [-0.39, 0.29) is 6.10 Å². The Morgan fingerprint density at radius 3 is 2.68 bits per heavy atom. The van der Waals surface area contributed by atoms with Gasteiger partial charge in [0.05, 0.1) is 17.1 Å². The first-order valence-corrected chi connectivity index (χ1v) is 14.4. The van der Waals surface area contributed by atoms with Crippen molar-refractivity contribution in [1.29, 1.82) is 0 Å². The highest BCUT2D eigenvalue weighted by atomic mass is 16.3. The van der Waals surface area contributed by atoms with Crippen molar-refractivity contribution in [3.8, 4) is 0 Å². The van der Waals surface area contributed by atoms with Gasteiger partial charge in [-0.1, -0.05) is 26.8 Å². The van der Waals surface area contributed by atoms with E-state index in [1.807, 2.05) is 0 Å². The van der Waals surface area contributed by atoms with Crippen molar-refractivity contribution in [2.75, 3.05) is 0 Å². The Morgan fingerprint density at radius 2 is 1.82 bits per heavy atom. The van der Waals surface area contributed by atoms with Crippen molar-refractivity contribution in [3.63, 3.8) is 0 Å². The molecular formula is C31H46N2O. The highest BCUT2D eigenvalue weighted by Gasteiger charge is 2.60. The monoisotopic (exact) mass is 462 g/mol. The van der Waals surface area contributed by atoms with Gasteiger partial charge in [0.25, 0.3) is 0 Å². The second-order valence-corrected chi connectivity index (χ2v) is 13.5. The zero-order valence-electron chi connectivity index (χ0n) is 21.9. The number of imidazole rings is 1. The van der Waals surface area contributed by atoms with Crippen LogP contribution in [0.15, 0.2) is 18.2 Å². The Balaban J connectivity index is 1.15. The molecule has 0 saturated heterocycles. The number of nitrogens with zero attached hydrogens (tertiary/aromatic N) is 1. The lowest BCUT2D eigenvalue weighted by atomic mass is 9.44. The fraction of sp³-hybridized carbons (Fsp3) is 0.774. The Kier molecular flexibility index (Phi) is 5.67. The second kappa shape index (κ2) is 8.36. The number of aliphatic hydroxyl groups excluding tert-OH is 1. The highest BCUT2D eigenvalue weighted by molar-refractivity contribution is 5.75. The summed E-state index contributed by atoms with van der Waals surface area (Å²) >= 11 is 0. The van der Waals surface area contributed by atoms with Crippen LogP contribution in [0, 0.1) is 53.3 Å². The van der Waals surface area contributed by atoms with Gasteiger partial charge in [-0.05, 0) is 135 Å². The maximum Gasteiger partial charge on any atom is 0.107 e. The minimum absolute atomic E-state index is 0.0315. The van der Waals surface area contributed by atoms with Crippen molar-refractivity contribution in [3.05, 3.63) is 29.6 Å². The van der Waals surface area contributed by atoms with E-state index in [2.05, 4.69) is 50.9 Å². The van der Waals surface area contributed by atoms with E-state index in [4.69, 9.17) is 4.98 Å². The first-order valence-electron chi connectivity index (χ1n) is 14.4.